The molecule has 0 aliphatic carbocycles. The molecule has 1 heterocycles. The summed E-state index contributed by atoms with van der Waals surface area (Å²) >= 11 is 1.95. The van der Waals surface area contributed by atoms with Gasteiger partial charge in [0.15, 0.2) is 0 Å². The van der Waals surface area contributed by atoms with E-state index in [0.717, 1.165) is 0 Å². The van der Waals surface area contributed by atoms with E-state index in [-0.39, 0.29) is 0 Å². The van der Waals surface area contributed by atoms with Crippen molar-refractivity contribution >= 4 is 11.8 Å². The largest absolute Gasteiger partial charge is 0.508 e. The quantitative estimate of drug-likeness (QED) is 0.622. The van der Waals surface area contributed by atoms with Gasteiger partial charge < -0.3 is 5.11 Å². The lowest BCUT2D eigenvalue weighted by molar-refractivity contribution is 0.475. The van der Waals surface area contributed by atoms with Gasteiger partial charge >= 0.3 is 0 Å². The van der Waals surface area contributed by atoms with Crippen LogP contribution >= 0.6 is 11.8 Å². The molecule has 1 aliphatic rings. The van der Waals surface area contributed by atoms with Crippen molar-refractivity contribution in [2.75, 3.05) is 5.75 Å². The molecule has 1 fully saturated rings. The van der Waals surface area contributed by atoms with Crippen molar-refractivity contribution < 1.29 is 5.11 Å². The van der Waals surface area contributed by atoms with E-state index >= 15 is 0 Å². The SMILES string of the molecule is Oc1ccc(C2CS2)cc1. The van der Waals surface area contributed by atoms with Gasteiger partial charge in [0.25, 0.3) is 0 Å². The molecule has 1 saturated heterocycles. The van der Waals surface area contributed by atoms with E-state index in [9.17, 15) is 0 Å². The summed E-state index contributed by atoms with van der Waals surface area (Å²) in [6.07, 6.45) is 0. The van der Waals surface area contributed by atoms with Gasteiger partial charge in [-0.3, -0.25) is 0 Å². The molecule has 1 aliphatic heterocycles. The molecule has 10 heavy (non-hydrogen) atoms. The Morgan fingerprint density at radius 2 is 1.90 bits per heavy atom. The van der Waals surface area contributed by atoms with Crippen LogP contribution in [0, 0.1) is 0 Å². The van der Waals surface area contributed by atoms with Gasteiger partial charge in [-0.25, -0.2) is 0 Å². The topological polar surface area (TPSA) is 20.2 Å². The first kappa shape index (κ1) is 6.10. The molecule has 1 nitrogen and oxygen atoms in total. The van der Waals surface area contributed by atoms with Gasteiger partial charge in [0.2, 0.25) is 0 Å². The Morgan fingerprint density at radius 3 is 2.40 bits per heavy atom. The van der Waals surface area contributed by atoms with Gasteiger partial charge in [-0.05, 0) is 17.7 Å². The van der Waals surface area contributed by atoms with Crippen LogP contribution in [-0.4, -0.2) is 10.9 Å². The van der Waals surface area contributed by atoms with E-state index < -0.39 is 0 Å². The molecule has 2 rings (SSSR count). The van der Waals surface area contributed by atoms with E-state index in [1.54, 1.807) is 12.1 Å². The first-order valence-electron chi connectivity index (χ1n) is 3.27. The van der Waals surface area contributed by atoms with Crippen LogP contribution in [0.4, 0.5) is 0 Å². The Morgan fingerprint density at radius 1 is 1.30 bits per heavy atom. The van der Waals surface area contributed by atoms with Crippen LogP contribution < -0.4 is 0 Å². The minimum absolute atomic E-state index is 0.356. The fourth-order valence-corrected chi connectivity index (χ4v) is 1.57. The summed E-state index contributed by atoms with van der Waals surface area (Å²) in [6.45, 7) is 0. The smallest absolute Gasteiger partial charge is 0.115 e. The summed E-state index contributed by atoms with van der Waals surface area (Å²) in [5.74, 6) is 1.60. The third-order valence-corrected chi connectivity index (χ3v) is 2.54. The summed E-state index contributed by atoms with van der Waals surface area (Å²) in [7, 11) is 0. The van der Waals surface area contributed by atoms with Crippen molar-refractivity contribution in [1.29, 1.82) is 0 Å². The summed E-state index contributed by atoms with van der Waals surface area (Å²) in [5, 5.41) is 9.66. The Bertz CT molecular complexity index is 226. The van der Waals surface area contributed by atoms with Crippen molar-refractivity contribution in [3.8, 4) is 5.75 Å². The van der Waals surface area contributed by atoms with Crippen LogP contribution in [0.5, 0.6) is 5.75 Å². The molecule has 1 aromatic carbocycles. The number of rotatable bonds is 1. The minimum Gasteiger partial charge on any atom is -0.508 e. The highest BCUT2D eigenvalue weighted by molar-refractivity contribution is 8.06. The average molecular weight is 152 g/mol. The number of benzene rings is 1. The summed E-state index contributed by atoms with van der Waals surface area (Å²) < 4.78 is 0. The average Bonchev–Trinajstić information content (AvgIpc) is 2.71. The van der Waals surface area contributed by atoms with E-state index in [4.69, 9.17) is 5.11 Å². The van der Waals surface area contributed by atoms with Crippen LogP contribution in [0.1, 0.15) is 10.8 Å². The van der Waals surface area contributed by atoms with Crippen LogP contribution in [-0.2, 0) is 0 Å². The van der Waals surface area contributed by atoms with Crippen LogP contribution in [0.25, 0.3) is 0 Å². The maximum atomic E-state index is 8.95. The standard InChI is InChI=1S/C8H8OS/c9-7-3-1-6(2-4-7)8-5-10-8/h1-4,8-9H,5H2. The molecule has 0 amide bonds. The van der Waals surface area contributed by atoms with Crippen molar-refractivity contribution in [2.45, 2.75) is 5.25 Å². The molecule has 0 saturated carbocycles. The summed E-state index contributed by atoms with van der Waals surface area (Å²) in [5.41, 5.74) is 1.34. The molecule has 52 valence electrons. The first-order valence-corrected chi connectivity index (χ1v) is 4.32. The van der Waals surface area contributed by atoms with E-state index in [1.807, 2.05) is 23.9 Å². The predicted octanol–water partition coefficient (Wildman–Crippen LogP) is 2.18. The molecule has 1 aromatic rings. The molecule has 0 bridgehead atoms. The van der Waals surface area contributed by atoms with Gasteiger partial charge in [-0.15, -0.1) is 0 Å². The maximum Gasteiger partial charge on any atom is 0.115 e. The Hall–Kier alpha value is -0.630. The zero-order chi connectivity index (χ0) is 6.97. The second kappa shape index (κ2) is 2.20. The number of hydrogen-bond acceptors (Lipinski definition) is 2. The highest BCUT2D eigenvalue weighted by atomic mass is 32.2. The number of phenolic OH excluding ortho intramolecular Hbond substituents is 1. The van der Waals surface area contributed by atoms with E-state index in [2.05, 4.69) is 0 Å². The van der Waals surface area contributed by atoms with Gasteiger partial charge in [0.05, 0.1) is 0 Å². The third kappa shape index (κ3) is 1.12. The second-order valence-electron chi connectivity index (χ2n) is 2.41. The molecule has 1 atom stereocenters. The highest BCUT2D eigenvalue weighted by Gasteiger charge is 2.23. The Kier molecular flexibility index (Phi) is 1.34. The zero-order valence-corrected chi connectivity index (χ0v) is 6.27. The molecule has 0 radical (unpaired) electrons. The zero-order valence-electron chi connectivity index (χ0n) is 5.45. The third-order valence-electron chi connectivity index (χ3n) is 1.60. The molecule has 0 spiro atoms. The summed E-state index contributed by atoms with van der Waals surface area (Å²) in [4.78, 5) is 0. The second-order valence-corrected chi connectivity index (χ2v) is 3.65. The molecule has 2 heteroatoms. The van der Waals surface area contributed by atoms with Gasteiger partial charge in [0.1, 0.15) is 5.75 Å². The number of aromatic hydroxyl groups is 1. The lowest BCUT2D eigenvalue weighted by Crippen LogP contribution is -1.75. The summed E-state index contributed by atoms with van der Waals surface area (Å²) in [6, 6.07) is 7.46. The van der Waals surface area contributed by atoms with Crippen molar-refractivity contribution in [3.05, 3.63) is 29.8 Å². The number of thioether (sulfide) groups is 1. The number of phenols is 1. The van der Waals surface area contributed by atoms with Crippen molar-refractivity contribution in [3.63, 3.8) is 0 Å². The van der Waals surface area contributed by atoms with Gasteiger partial charge in [-0.2, -0.15) is 11.8 Å². The molecular weight excluding hydrogens is 144 g/mol. The lowest BCUT2D eigenvalue weighted by atomic mass is 10.2. The molecule has 1 N–H and O–H groups in total. The normalized spacial score (nSPS) is 22.6. The fraction of sp³-hybridized carbons (Fsp3) is 0.250. The van der Waals surface area contributed by atoms with Crippen molar-refractivity contribution in [1.82, 2.24) is 0 Å². The molecule has 1 unspecified atom stereocenters. The van der Waals surface area contributed by atoms with Crippen LogP contribution in [0.2, 0.25) is 0 Å². The fourth-order valence-electron chi connectivity index (χ4n) is 0.930. The van der Waals surface area contributed by atoms with E-state index in [0.29, 0.717) is 11.0 Å². The Labute approximate surface area is 64.1 Å². The minimum atomic E-state index is 0.356. The predicted molar refractivity (Wildman–Crippen MR) is 43.3 cm³/mol. The van der Waals surface area contributed by atoms with Gasteiger partial charge in [0, 0.05) is 11.0 Å². The molecule has 0 aromatic heterocycles. The first-order chi connectivity index (χ1) is 4.86. The Balaban J connectivity index is 2.28. The lowest BCUT2D eigenvalue weighted by Gasteiger charge is -1.94. The molecular formula is C8H8OS. The monoisotopic (exact) mass is 152 g/mol. The van der Waals surface area contributed by atoms with Crippen LogP contribution in [0.15, 0.2) is 24.3 Å². The van der Waals surface area contributed by atoms with E-state index in [1.165, 1.54) is 11.3 Å². The van der Waals surface area contributed by atoms with Crippen molar-refractivity contribution in [2.24, 2.45) is 0 Å². The maximum absolute atomic E-state index is 8.95. The van der Waals surface area contributed by atoms with Crippen LogP contribution in [0.3, 0.4) is 0 Å². The highest BCUT2D eigenvalue weighted by Crippen LogP contribution is 2.46. The van der Waals surface area contributed by atoms with Gasteiger partial charge in [-0.1, -0.05) is 12.1 Å². The number of hydrogen-bond donors (Lipinski definition) is 1.